The number of anilines is 2. The highest BCUT2D eigenvalue weighted by atomic mass is 32.1. The number of ether oxygens (including phenoxy) is 1. The van der Waals surface area contributed by atoms with Gasteiger partial charge in [-0.25, -0.2) is 19.2 Å². The molecule has 2 amide bonds. The molecule has 1 aliphatic rings. The molecule has 1 aliphatic heterocycles. The number of nitrogens with one attached hydrogen (secondary N) is 2. The molecule has 0 aliphatic carbocycles. The second kappa shape index (κ2) is 13.0. The molecule has 214 valence electrons. The van der Waals surface area contributed by atoms with Crippen molar-refractivity contribution in [1.29, 1.82) is 0 Å². The van der Waals surface area contributed by atoms with Crippen molar-refractivity contribution in [3.63, 3.8) is 0 Å². The van der Waals surface area contributed by atoms with Gasteiger partial charge in [0.15, 0.2) is 10.9 Å². The Kier molecular flexibility index (Phi) is 9.00. The highest BCUT2D eigenvalue weighted by Gasteiger charge is 2.22. The molecule has 12 heteroatoms. The van der Waals surface area contributed by atoms with Crippen molar-refractivity contribution in [2.75, 3.05) is 56.1 Å². The van der Waals surface area contributed by atoms with Crippen LogP contribution >= 0.6 is 11.3 Å². The summed E-state index contributed by atoms with van der Waals surface area (Å²) in [5, 5.41) is 5.65. The van der Waals surface area contributed by atoms with Gasteiger partial charge in [0.05, 0.1) is 23.4 Å². The zero-order valence-electron chi connectivity index (χ0n) is 23.0. The van der Waals surface area contributed by atoms with Gasteiger partial charge < -0.3 is 15.0 Å². The van der Waals surface area contributed by atoms with Gasteiger partial charge in [-0.2, -0.15) is 0 Å². The molecule has 0 unspecified atom stereocenters. The standard InChI is InChI=1S/C29H32FN7O3S/c1-3-31-28(39)35-29-34-26-25(30)20(17-21(27(26)41-29)22-7-5-6-11-32-22)19-8-9-23(33-18-19)37-15-13-36(14-16-37)12-10-24(38)40-4-2/h5-9,11,17-18H,3-4,10,12-16H2,1-2H3,(H2,31,34,35,39). The van der Waals surface area contributed by atoms with Gasteiger partial charge in [-0.15, -0.1) is 0 Å². The minimum absolute atomic E-state index is 0.169. The van der Waals surface area contributed by atoms with Crippen molar-refractivity contribution < 1.29 is 18.7 Å². The van der Waals surface area contributed by atoms with Crippen molar-refractivity contribution in [2.45, 2.75) is 20.3 Å². The number of hydrogen-bond acceptors (Lipinski definition) is 9. The fraction of sp³-hybridized carbons (Fsp3) is 0.345. The number of carbonyl (C=O) groups excluding carboxylic acids is 2. The number of halogens is 1. The van der Waals surface area contributed by atoms with Gasteiger partial charge in [0.2, 0.25) is 0 Å². The number of amides is 2. The van der Waals surface area contributed by atoms with Crippen molar-refractivity contribution >= 4 is 44.5 Å². The van der Waals surface area contributed by atoms with Crippen molar-refractivity contribution in [3.8, 4) is 22.4 Å². The predicted molar refractivity (Wildman–Crippen MR) is 159 cm³/mol. The summed E-state index contributed by atoms with van der Waals surface area (Å²) in [4.78, 5) is 41.7. The number of carbonyl (C=O) groups is 2. The van der Waals surface area contributed by atoms with Gasteiger partial charge in [-0.3, -0.25) is 20.0 Å². The lowest BCUT2D eigenvalue weighted by molar-refractivity contribution is -0.143. The molecule has 1 aromatic carbocycles. The van der Waals surface area contributed by atoms with E-state index in [0.717, 1.165) is 37.6 Å². The molecule has 2 N–H and O–H groups in total. The van der Waals surface area contributed by atoms with E-state index in [2.05, 4.69) is 35.4 Å². The van der Waals surface area contributed by atoms with Crippen molar-refractivity contribution in [1.82, 2.24) is 25.2 Å². The SMILES string of the molecule is CCNC(=O)Nc1nc2c(F)c(-c3ccc(N4CCN(CCC(=O)OCC)CC4)nc3)cc(-c3ccccn3)c2s1. The number of nitrogens with zero attached hydrogens (tertiary/aromatic N) is 5. The topological polar surface area (TPSA) is 113 Å². The smallest absolute Gasteiger partial charge is 0.321 e. The average Bonchev–Trinajstić information content (AvgIpc) is 3.41. The van der Waals surface area contributed by atoms with Crippen LogP contribution < -0.4 is 15.5 Å². The number of hydrogen-bond donors (Lipinski definition) is 2. The lowest BCUT2D eigenvalue weighted by atomic mass is 10.0. The van der Waals surface area contributed by atoms with Crippen LogP contribution in [0.5, 0.6) is 0 Å². The quantitative estimate of drug-likeness (QED) is 0.274. The maximum Gasteiger partial charge on any atom is 0.321 e. The van der Waals surface area contributed by atoms with Crippen molar-refractivity contribution in [2.24, 2.45) is 0 Å². The molecule has 4 heterocycles. The zero-order valence-corrected chi connectivity index (χ0v) is 23.8. The van der Waals surface area contributed by atoms with Crippen LogP contribution in [0.2, 0.25) is 0 Å². The second-order valence-electron chi connectivity index (χ2n) is 9.47. The van der Waals surface area contributed by atoms with E-state index < -0.39 is 11.8 Å². The van der Waals surface area contributed by atoms with E-state index in [1.807, 2.05) is 44.2 Å². The van der Waals surface area contributed by atoms with Gasteiger partial charge in [0, 0.05) is 68.4 Å². The summed E-state index contributed by atoms with van der Waals surface area (Å²) >= 11 is 1.20. The fourth-order valence-electron chi connectivity index (χ4n) is 4.75. The first-order valence-corrected chi connectivity index (χ1v) is 14.5. The Morgan fingerprint density at radius 1 is 1.07 bits per heavy atom. The maximum absolute atomic E-state index is 15.9. The average molecular weight is 578 g/mol. The molecule has 1 fully saturated rings. The summed E-state index contributed by atoms with van der Waals surface area (Å²) in [7, 11) is 0. The Labute approximate surface area is 241 Å². The van der Waals surface area contributed by atoms with Crippen LogP contribution in [0.25, 0.3) is 32.6 Å². The van der Waals surface area contributed by atoms with E-state index in [1.54, 1.807) is 18.5 Å². The van der Waals surface area contributed by atoms with Gasteiger partial charge in [-0.05, 0) is 44.2 Å². The number of rotatable bonds is 9. The Balaban J connectivity index is 1.38. The number of fused-ring (bicyclic) bond motifs is 1. The van der Waals surface area contributed by atoms with Gasteiger partial charge in [0.25, 0.3) is 0 Å². The zero-order chi connectivity index (χ0) is 28.8. The minimum atomic E-state index is -0.482. The van der Waals surface area contributed by atoms with Crippen molar-refractivity contribution in [3.05, 3.63) is 54.6 Å². The molecule has 3 aromatic heterocycles. The molecule has 0 radical (unpaired) electrons. The lowest BCUT2D eigenvalue weighted by Crippen LogP contribution is -2.47. The summed E-state index contributed by atoms with van der Waals surface area (Å²) in [6.07, 6.45) is 3.75. The van der Waals surface area contributed by atoms with Crippen LogP contribution in [0.3, 0.4) is 0 Å². The number of benzene rings is 1. The molecule has 0 saturated carbocycles. The maximum atomic E-state index is 15.9. The molecule has 1 saturated heterocycles. The first-order chi connectivity index (χ1) is 20.0. The summed E-state index contributed by atoms with van der Waals surface area (Å²) in [6, 6.07) is 10.7. The molecule has 0 bridgehead atoms. The second-order valence-corrected chi connectivity index (χ2v) is 10.5. The summed E-state index contributed by atoms with van der Waals surface area (Å²) in [5.74, 6) is 0.160. The van der Waals surface area contributed by atoms with Crippen LogP contribution in [-0.2, 0) is 9.53 Å². The van der Waals surface area contributed by atoms with E-state index in [0.29, 0.717) is 52.8 Å². The fourth-order valence-corrected chi connectivity index (χ4v) is 5.72. The monoisotopic (exact) mass is 577 g/mol. The number of pyridine rings is 2. The molecule has 10 nitrogen and oxygen atoms in total. The third-order valence-electron chi connectivity index (χ3n) is 6.80. The van der Waals surface area contributed by atoms with Gasteiger partial charge in [0.1, 0.15) is 11.3 Å². The molecule has 41 heavy (non-hydrogen) atoms. The number of thiazole rings is 1. The third-order valence-corrected chi connectivity index (χ3v) is 7.80. The summed E-state index contributed by atoms with van der Waals surface area (Å²) < 4.78 is 21.6. The predicted octanol–water partition coefficient (Wildman–Crippen LogP) is 4.78. The molecule has 0 atom stereocenters. The number of urea groups is 1. The van der Waals surface area contributed by atoms with Gasteiger partial charge >= 0.3 is 12.0 Å². The molecular formula is C29H32FN7O3S. The van der Waals surface area contributed by atoms with Crippen LogP contribution in [0.15, 0.2) is 48.8 Å². The minimum Gasteiger partial charge on any atom is -0.466 e. The molecular weight excluding hydrogens is 545 g/mol. The van der Waals surface area contributed by atoms with Crippen LogP contribution in [0.1, 0.15) is 20.3 Å². The molecule has 5 rings (SSSR count). The molecule has 4 aromatic rings. The Morgan fingerprint density at radius 2 is 1.90 bits per heavy atom. The van der Waals surface area contributed by atoms with E-state index in [1.165, 1.54) is 11.3 Å². The summed E-state index contributed by atoms with van der Waals surface area (Å²) in [6.45, 7) is 8.35. The first kappa shape index (κ1) is 28.4. The van der Waals surface area contributed by atoms with E-state index >= 15 is 4.39 Å². The van der Waals surface area contributed by atoms with Crippen LogP contribution in [0.4, 0.5) is 20.1 Å². The Morgan fingerprint density at radius 3 is 2.59 bits per heavy atom. The highest BCUT2D eigenvalue weighted by Crippen LogP contribution is 2.40. The summed E-state index contributed by atoms with van der Waals surface area (Å²) in [5.41, 5.74) is 2.54. The van der Waals surface area contributed by atoms with E-state index in [-0.39, 0.29) is 11.5 Å². The largest absolute Gasteiger partial charge is 0.466 e. The Bertz CT molecular complexity index is 1510. The normalized spacial score (nSPS) is 13.8. The van der Waals surface area contributed by atoms with E-state index in [4.69, 9.17) is 4.74 Å². The Hall–Kier alpha value is -4.16. The highest BCUT2D eigenvalue weighted by molar-refractivity contribution is 7.22. The van der Waals surface area contributed by atoms with Crippen LogP contribution in [-0.4, -0.2) is 77.7 Å². The lowest BCUT2D eigenvalue weighted by Gasteiger charge is -2.35. The third kappa shape index (κ3) is 6.60. The van der Waals surface area contributed by atoms with Gasteiger partial charge in [-0.1, -0.05) is 17.4 Å². The molecule has 0 spiro atoms. The number of esters is 1. The van der Waals surface area contributed by atoms with E-state index in [9.17, 15) is 9.59 Å². The number of piperazine rings is 1. The van der Waals surface area contributed by atoms with Crippen LogP contribution in [0, 0.1) is 5.82 Å². The first-order valence-electron chi connectivity index (χ1n) is 13.7. The number of aromatic nitrogens is 3.